The summed E-state index contributed by atoms with van der Waals surface area (Å²) < 4.78 is 0. The minimum atomic E-state index is 0.304. The number of pyridine rings is 1. The minimum Gasteiger partial charge on any atom is -0.506 e. The largest absolute Gasteiger partial charge is 0.506 e. The van der Waals surface area contributed by atoms with E-state index < -0.39 is 0 Å². The zero-order valence-electron chi connectivity index (χ0n) is 9.12. The van der Waals surface area contributed by atoms with E-state index in [9.17, 15) is 5.11 Å². The molecule has 0 aliphatic heterocycles. The molecule has 0 aliphatic rings. The van der Waals surface area contributed by atoms with Gasteiger partial charge >= 0.3 is 0 Å². The average Bonchev–Trinajstić information content (AvgIpc) is 2.27. The van der Waals surface area contributed by atoms with Gasteiger partial charge in [-0.05, 0) is 24.5 Å². The van der Waals surface area contributed by atoms with E-state index >= 15 is 0 Å². The van der Waals surface area contributed by atoms with Gasteiger partial charge in [0.05, 0.1) is 11.2 Å². The molecule has 0 unspecified atom stereocenters. The summed E-state index contributed by atoms with van der Waals surface area (Å²) in [6.45, 7) is 4.12. The quantitative estimate of drug-likeness (QED) is 0.810. The van der Waals surface area contributed by atoms with Crippen LogP contribution in [0.4, 0.5) is 0 Å². The summed E-state index contributed by atoms with van der Waals surface area (Å²) >= 11 is 0. The summed E-state index contributed by atoms with van der Waals surface area (Å²) in [7, 11) is 0. The Bertz CT molecular complexity index is 491. The molecule has 2 rings (SSSR count). The lowest BCUT2D eigenvalue weighted by Crippen LogP contribution is -1.92. The topological polar surface area (TPSA) is 33.1 Å². The Kier molecular flexibility index (Phi) is 2.58. The van der Waals surface area contributed by atoms with Crippen molar-refractivity contribution < 1.29 is 5.11 Å². The van der Waals surface area contributed by atoms with Gasteiger partial charge in [0, 0.05) is 5.39 Å². The van der Waals surface area contributed by atoms with Gasteiger partial charge in [-0.25, -0.2) is 4.98 Å². The zero-order chi connectivity index (χ0) is 10.8. The van der Waals surface area contributed by atoms with Gasteiger partial charge in [0.2, 0.25) is 0 Å². The molecule has 2 heteroatoms. The van der Waals surface area contributed by atoms with E-state index in [2.05, 4.69) is 18.0 Å². The molecule has 2 aromatic rings. The van der Waals surface area contributed by atoms with E-state index in [0.29, 0.717) is 5.75 Å². The van der Waals surface area contributed by atoms with Crippen LogP contribution in [0.1, 0.15) is 25.1 Å². The van der Waals surface area contributed by atoms with Gasteiger partial charge < -0.3 is 5.11 Å². The standard InChI is InChI=1S/C13H15NO/c1-3-9-6-5-7-10-8-12(15)11(4-2)14-13(9)10/h5-8,15H,3-4H2,1-2H3. The Hall–Kier alpha value is -1.57. The van der Waals surface area contributed by atoms with Crippen molar-refractivity contribution in [1.82, 2.24) is 4.98 Å². The first-order valence-corrected chi connectivity index (χ1v) is 5.36. The van der Waals surface area contributed by atoms with Crippen molar-refractivity contribution >= 4 is 10.9 Å². The first-order chi connectivity index (χ1) is 7.26. The van der Waals surface area contributed by atoms with Gasteiger partial charge in [-0.15, -0.1) is 0 Å². The lowest BCUT2D eigenvalue weighted by Gasteiger charge is -2.07. The van der Waals surface area contributed by atoms with E-state index in [-0.39, 0.29) is 0 Å². The summed E-state index contributed by atoms with van der Waals surface area (Å²) in [5.41, 5.74) is 3.04. The van der Waals surface area contributed by atoms with Crippen molar-refractivity contribution in [3.8, 4) is 5.75 Å². The molecule has 1 N–H and O–H groups in total. The van der Waals surface area contributed by atoms with Gasteiger partial charge in [0.25, 0.3) is 0 Å². The number of nitrogens with zero attached hydrogens (tertiary/aromatic N) is 1. The Balaban J connectivity index is 2.76. The van der Waals surface area contributed by atoms with E-state index in [1.165, 1.54) is 5.56 Å². The number of hydrogen-bond donors (Lipinski definition) is 1. The molecule has 0 aliphatic carbocycles. The Morgan fingerprint density at radius 3 is 2.67 bits per heavy atom. The maximum absolute atomic E-state index is 9.71. The van der Waals surface area contributed by atoms with Crippen LogP contribution < -0.4 is 0 Å². The first-order valence-electron chi connectivity index (χ1n) is 5.36. The fourth-order valence-corrected chi connectivity index (χ4v) is 1.83. The highest BCUT2D eigenvalue weighted by molar-refractivity contribution is 5.83. The monoisotopic (exact) mass is 201 g/mol. The summed E-state index contributed by atoms with van der Waals surface area (Å²) in [6, 6.07) is 7.89. The zero-order valence-corrected chi connectivity index (χ0v) is 9.12. The van der Waals surface area contributed by atoms with Crippen LogP contribution >= 0.6 is 0 Å². The molecular formula is C13H15NO. The predicted octanol–water partition coefficient (Wildman–Crippen LogP) is 3.07. The molecule has 0 saturated heterocycles. The molecule has 0 amide bonds. The lowest BCUT2D eigenvalue weighted by molar-refractivity contribution is 0.466. The molecule has 0 atom stereocenters. The van der Waals surface area contributed by atoms with Gasteiger partial charge in [0.15, 0.2) is 0 Å². The first kappa shape index (κ1) is 9.97. The van der Waals surface area contributed by atoms with Crippen LogP contribution in [0.5, 0.6) is 5.75 Å². The second kappa shape index (κ2) is 3.89. The summed E-state index contributed by atoms with van der Waals surface area (Å²) in [6.07, 6.45) is 1.73. The van der Waals surface area contributed by atoms with Crippen LogP contribution in [-0.4, -0.2) is 10.1 Å². The van der Waals surface area contributed by atoms with Crippen molar-refractivity contribution in [2.45, 2.75) is 26.7 Å². The van der Waals surface area contributed by atoms with Crippen molar-refractivity contribution in [2.24, 2.45) is 0 Å². The molecule has 1 aromatic carbocycles. The van der Waals surface area contributed by atoms with Gasteiger partial charge in [-0.1, -0.05) is 32.0 Å². The third-order valence-electron chi connectivity index (χ3n) is 2.70. The number of rotatable bonds is 2. The van der Waals surface area contributed by atoms with Crippen LogP contribution in [0.3, 0.4) is 0 Å². The van der Waals surface area contributed by atoms with Crippen molar-refractivity contribution in [2.75, 3.05) is 0 Å². The molecule has 1 aromatic heterocycles. The Labute approximate surface area is 89.6 Å². The average molecular weight is 201 g/mol. The maximum atomic E-state index is 9.71. The summed E-state index contributed by atoms with van der Waals surface area (Å²) in [5.74, 6) is 0.304. The van der Waals surface area contributed by atoms with Crippen molar-refractivity contribution in [3.05, 3.63) is 35.5 Å². The maximum Gasteiger partial charge on any atom is 0.137 e. The molecule has 78 valence electrons. The van der Waals surface area contributed by atoms with Crippen LogP contribution in [0.25, 0.3) is 10.9 Å². The number of aromatic nitrogens is 1. The van der Waals surface area contributed by atoms with Gasteiger partial charge in [-0.3, -0.25) is 0 Å². The molecular weight excluding hydrogens is 186 g/mol. The van der Waals surface area contributed by atoms with Crippen LogP contribution in [0.15, 0.2) is 24.3 Å². The fraction of sp³-hybridized carbons (Fsp3) is 0.308. The molecule has 0 bridgehead atoms. The van der Waals surface area contributed by atoms with Crippen molar-refractivity contribution in [3.63, 3.8) is 0 Å². The number of aromatic hydroxyl groups is 1. The fourth-order valence-electron chi connectivity index (χ4n) is 1.83. The van der Waals surface area contributed by atoms with E-state index in [0.717, 1.165) is 29.4 Å². The summed E-state index contributed by atoms with van der Waals surface area (Å²) in [4.78, 5) is 4.51. The molecule has 0 spiro atoms. The molecule has 0 fully saturated rings. The van der Waals surface area contributed by atoms with E-state index in [4.69, 9.17) is 0 Å². The number of hydrogen-bond acceptors (Lipinski definition) is 2. The van der Waals surface area contributed by atoms with Crippen LogP contribution in [-0.2, 0) is 12.8 Å². The number of fused-ring (bicyclic) bond motifs is 1. The number of benzene rings is 1. The van der Waals surface area contributed by atoms with Crippen molar-refractivity contribution in [1.29, 1.82) is 0 Å². The highest BCUT2D eigenvalue weighted by atomic mass is 16.3. The predicted molar refractivity (Wildman–Crippen MR) is 62.2 cm³/mol. The smallest absolute Gasteiger partial charge is 0.137 e. The summed E-state index contributed by atoms with van der Waals surface area (Å²) in [5, 5.41) is 10.7. The minimum absolute atomic E-state index is 0.304. The number of aryl methyl sites for hydroxylation is 2. The number of para-hydroxylation sites is 1. The highest BCUT2D eigenvalue weighted by Gasteiger charge is 2.06. The SMILES string of the molecule is CCc1nc2c(CC)cccc2cc1O. The third kappa shape index (κ3) is 1.67. The Morgan fingerprint density at radius 1 is 1.20 bits per heavy atom. The molecule has 15 heavy (non-hydrogen) atoms. The van der Waals surface area contributed by atoms with E-state index in [1.54, 1.807) is 6.07 Å². The third-order valence-corrected chi connectivity index (χ3v) is 2.70. The van der Waals surface area contributed by atoms with E-state index in [1.807, 2.05) is 19.1 Å². The molecule has 2 nitrogen and oxygen atoms in total. The normalized spacial score (nSPS) is 10.8. The van der Waals surface area contributed by atoms with Crippen LogP contribution in [0.2, 0.25) is 0 Å². The van der Waals surface area contributed by atoms with Gasteiger partial charge in [-0.2, -0.15) is 0 Å². The molecule has 0 saturated carbocycles. The highest BCUT2D eigenvalue weighted by Crippen LogP contribution is 2.24. The second-order valence-electron chi connectivity index (χ2n) is 3.65. The van der Waals surface area contributed by atoms with Crippen LogP contribution in [0, 0.1) is 0 Å². The molecule has 1 heterocycles. The second-order valence-corrected chi connectivity index (χ2v) is 3.65. The Morgan fingerprint density at radius 2 is 2.00 bits per heavy atom. The van der Waals surface area contributed by atoms with Gasteiger partial charge in [0.1, 0.15) is 5.75 Å². The lowest BCUT2D eigenvalue weighted by atomic mass is 10.1. The molecule has 0 radical (unpaired) electrons.